The molecule has 0 spiro atoms. The van der Waals surface area contributed by atoms with Gasteiger partial charge in [0.15, 0.2) is 12.0 Å². The zero-order chi connectivity index (χ0) is 20.3. The van der Waals surface area contributed by atoms with Crippen LogP contribution in [0.2, 0.25) is 10.2 Å². The molecule has 2 saturated heterocycles. The molecule has 2 aliphatic heterocycles. The Bertz CT molecular complexity index is 1060. The minimum atomic E-state index is -0.915. The van der Waals surface area contributed by atoms with Crippen LogP contribution in [0.25, 0.3) is 11.0 Å². The molecule has 152 valence electrons. The van der Waals surface area contributed by atoms with Gasteiger partial charge in [-0.2, -0.15) is 0 Å². The molecule has 0 unspecified atom stereocenters. The summed E-state index contributed by atoms with van der Waals surface area (Å²) in [6, 6.07) is 8.85. The first kappa shape index (κ1) is 19.2. The lowest BCUT2D eigenvalue weighted by Gasteiger charge is -2.27. The van der Waals surface area contributed by atoms with Gasteiger partial charge in [0, 0.05) is 11.2 Å². The molecule has 5 rings (SSSR count). The zero-order valence-corrected chi connectivity index (χ0v) is 17.2. The van der Waals surface area contributed by atoms with Crippen LogP contribution >= 0.6 is 23.2 Å². The Kier molecular flexibility index (Phi) is 4.58. The predicted octanol–water partition coefficient (Wildman–Crippen LogP) is 3.89. The van der Waals surface area contributed by atoms with E-state index in [1.807, 2.05) is 30.7 Å². The molecule has 2 aliphatic rings. The molecule has 7 nitrogen and oxygen atoms in total. The van der Waals surface area contributed by atoms with Crippen molar-refractivity contribution in [3.8, 4) is 0 Å². The maximum atomic E-state index is 11.0. The van der Waals surface area contributed by atoms with E-state index in [-0.39, 0.29) is 0 Å². The van der Waals surface area contributed by atoms with E-state index >= 15 is 0 Å². The van der Waals surface area contributed by atoms with Crippen molar-refractivity contribution in [2.45, 2.75) is 50.3 Å². The van der Waals surface area contributed by atoms with Crippen molar-refractivity contribution in [1.29, 1.82) is 0 Å². The third-order valence-corrected chi connectivity index (χ3v) is 5.88. The number of hydrogen-bond donors (Lipinski definition) is 1. The van der Waals surface area contributed by atoms with Gasteiger partial charge < -0.3 is 23.9 Å². The summed E-state index contributed by atoms with van der Waals surface area (Å²) >= 11 is 12.2. The maximum Gasteiger partial charge on any atom is 0.164 e. The van der Waals surface area contributed by atoms with E-state index in [1.54, 1.807) is 24.3 Å². The van der Waals surface area contributed by atoms with Gasteiger partial charge in [-0.3, -0.25) is 0 Å². The van der Waals surface area contributed by atoms with Crippen molar-refractivity contribution < 1.29 is 19.3 Å². The summed E-state index contributed by atoms with van der Waals surface area (Å²) in [7, 11) is 0. The SMILES string of the molecule is CC1(C)O[C@H]2[C@@H](O1)[C@H](n1ccc3c(Cl)ncnc31)O[C@@H]2[C@@H](O)c1ccc(Cl)cc1. The van der Waals surface area contributed by atoms with Crippen LogP contribution in [0, 0.1) is 0 Å². The van der Waals surface area contributed by atoms with Crippen LogP contribution in [0.4, 0.5) is 0 Å². The molecule has 29 heavy (non-hydrogen) atoms. The fourth-order valence-corrected chi connectivity index (χ4v) is 4.40. The van der Waals surface area contributed by atoms with E-state index in [1.165, 1.54) is 6.33 Å². The number of aliphatic hydroxyl groups is 1. The number of ether oxygens (including phenoxy) is 3. The smallest absolute Gasteiger partial charge is 0.164 e. The lowest BCUT2D eigenvalue weighted by Crippen LogP contribution is -2.34. The van der Waals surface area contributed by atoms with E-state index in [2.05, 4.69) is 9.97 Å². The van der Waals surface area contributed by atoms with Crippen molar-refractivity contribution in [2.24, 2.45) is 0 Å². The lowest BCUT2D eigenvalue weighted by molar-refractivity contribution is -0.207. The summed E-state index contributed by atoms with van der Waals surface area (Å²) in [5.41, 5.74) is 1.32. The molecule has 0 saturated carbocycles. The fraction of sp³-hybridized carbons (Fsp3) is 0.400. The monoisotopic (exact) mass is 435 g/mol. The maximum absolute atomic E-state index is 11.0. The highest BCUT2D eigenvalue weighted by molar-refractivity contribution is 6.33. The van der Waals surface area contributed by atoms with Gasteiger partial charge in [-0.1, -0.05) is 35.3 Å². The summed E-state index contributed by atoms with van der Waals surface area (Å²) in [5, 5.41) is 12.7. The molecule has 5 atom stereocenters. The molecule has 9 heteroatoms. The van der Waals surface area contributed by atoms with Crippen molar-refractivity contribution in [3.63, 3.8) is 0 Å². The fourth-order valence-electron chi connectivity index (χ4n) is 4.08. The first-order chi connectivity index (χ1) is 13.8. The minimum absolute atomic E-state index is 0.366. The molecule has 1 N–H and O–H groups in total. The largest absolute Gasteiger partial charge is 0.386 e. The Balaban J connectivity index is 1.53. The van der Waals surface area contributed by atoms with E-state index < -0.39 is 36.4 Å². The second-order valence-corrected chi connectivity index (χ2v) is 8.47. The number of hydrogen-bond acceptors (Lipinski definition) is 6. The third kappa shape index (κ3) is 3.22. The normalized spacial score (nSPS) is 29.3. The average molecular weight is 436 g/mol. The first-order valence-electron chi connectivity index (χ1n) is 9.26. The number of halogens is 2. The number of benzene rings is 1. The lowest BCUT2D eigenvalue weighted by atomic mass is 9.99. The highest BCUT2D eigenvalue weighted by Gasteiger charge is 2.58. The molecular formula is C20H19Cl2N3O4. The quantitative estimate of drug-likeness (QED) is 0.628. The second kappa shape index (κ2) is 6.91. The van der Waals surface area contributed by atoms with E-state index in [9.17, 15) is 5.11 Å². The Hall–Kier alpha value is -1.74. The van der Waals surface area contributed by atoms with Crippen LogP contribution in [0.1, 0.15) is 31.7 Å². The predicted molar refractivity (Wildman–Crippen MR) is 107 cm³/mol. The number of aromatic nitrogens is 3. The number of aliphatic hydroxyl groups excluding tert-OH is 1. The summed E-state index contributed by atoms with van der Waals surface area (Å²) in [4.78, 5) is 8.37. The van der Waals surface area contributed by atoms with Gasteiger partial charge in [0.2, 0.25) is 0 Å². The van der Waals surface area contributed by atoms with Crippen molar-refractivity contribution in [1.82, 2.24) is 14.5 Å². The molecule has 0 radical (unpaired) electrons. The molecular weight excluding hydrogens is 417 g/mol. The van der Waals surface area contributed by atoms with Gasteiger partial charge >= 0.3 is 0 Å². The Labute approximate surface area is 177 Å². The molecule has 0 amide bonds. The molecule has 4 heterocycles. The number of fused-ring (bicyclic) bond motifs is 2. The van der Waals surface area contributed by atoms with Crippen molar-refractivity contribution in [3.05, 3.63) is 58.6 Å². The molecule has 0 aliphatic carbocycles. The van der Waals surface area contributed by atoms with Crippen LogP contribution < -0.4 is 0 Å². The Morgan fingerprint density at radius 3 is 2.55 bits per heavy atom. The van der Waals surface area contributed by atoms with Gasteiger partial charge in [-0.15, -0.1) is 0 Å². The summed E-state index contributed by atoms with van der Waals surface area (Å²) in [5.74, 6) is -0.801. The van der Waals surface area contributed by atoms with Gasteiger partial charge in [0.05, 0.1) is 5.39 Å². The minimum Gasteiger partial charge on any atom is -0.386 e. The molecule has 1 aromatic carbocycles. The molecule has 3 aromatic rings. The number of nitrogens with zero attached hydrogens (tertiary/aromatic N) is 3. The van der Waals surface area contributed by atoms with Crippen LogP contribution in [0.3, 0.4) is 0 Å². The Morgan fingerprint density at radius 2 is 1.79 bits per heavy atom. The zero-order valence-electron chi connectivity index (χ0n) is 15.7. The molecule has 2 fully saturated rings. The van der Waals surface area contributed by atoms with E-state index in [4.69, 9.17) is 37.4 Å². The Morgan fingerprint density at radius 1 is 1.07 bits per heavy atom. The van der Waals surface area contributed by atoms with Crippen molar-refractivity contribution >= 4 is 34.2 Å². The van der Waals surface area contributed by atoms with Crippen molar-refractivity contribution in [2.75, 3.05) is 0 Å². The van der Waals surface area contributed by atoms with E-state index in [0.29, 0.717) is 26.8 Å². The standard InChI is InChI=1S/C20H19Cl2N3O4/c1-20(2)28-15-14(13(26)10-3-5-11(21)6-4-10)27-19(16(15)29-20)25-8-7-12-17(22)23-9-24-18(12)25/h3-9,13-16,19,26H,1-2H3/t13-,14+,15+,16+,19+/m0/s1. The number of rotatable bonds is 3. The highest BCUT2D eigenvalue weighted by Crippen LogP contribution is 2.47. The van der Waals surface area contributed by atoms with Crippen LogP contribution in [0.5, 0.6) is 0 Å². The van der Waals surface area contributed by atoms with Gasteiger partial charge in [0.1, 0.15) is 41.5 Å². The molecule has 2 aromatic heterocycles. The van der Waals surface area contributed by atoms with Gasteiger partial charge in [-0.05, 0) is 37.6 Å². The van der Waals surface area contributed by atoms with Crippen LogP contribution in [-0.4, -0.2) is 43.7 Å². The van der Waals surface area contributed by atoms with E-state index in [0.717, 1.165) is 0 Å². The topological polar surface area (TPSA) is 78.6 Å². The summed E-state index contributed by atoms with van der Waals surface area (Å²) in [6.07, 6.45) is 0.251. The van der Waals surface area contributed by atoms with Gasteiger partial charge in [0.25, 0.3) is 0 Å². The molecule has 0 bridgehead atoms. The second-order valence-electron chi connectivity index (χ2n) is 7.68. The van der Waals surface area contributed by atoms with Gasteiger partial charge in [-0.25, -0.2) is 9.97 Å². The van der Waals surface area contributed by atoms with Crippen LogP contribution in [-0.2, 0) is 14.2 Å². The summed E-state index contributed by atoms with van der Waals surface area (Å²) in [6.45, 7) is 3.70. The summed E-state index contributed by atoms with van der Waals surface area (Å²) < 4.78 is 20.4. The highest BCUT2D eigenvalue weighted by atomic mass is 35.5. The van der Waals surface area contributed by atoms with Crippen LogP contribution in [0.15, 0.2) is 42.9 Å². The average Bonchev–Trinajstić information content (AvgIpc) is 3.33. The first-order valence-corrected chi connectivity index (χ1v) is 10.0. The third-order valence-electron chi connectivity index (χ3n) is 5.32.